The highest BCUT2D eigenvalue weighted by molar-refractivity contribution is 5.95. The lowest BCUT2D eigenvalue weighted by Gasteiger charge is -2.12. The molecule has 1 fully saturated rings. The second-order valence-corrected chi connectivity index (χ2v) is 2.57. The zero-order valence-electron chi connectivity index (χ0n) is 5.85. The molecule has 1 heterocycles. The van der Waals surface area contributed by atoms with E-state index in [0.29, 0.717) is 6.04 Å². The van der Waals surface area contributed by atoms with Gasteiger partial charge in [-0.3, -0.25) is 4.79 Å². The minimum atomic E-state index is 0.0995. The number of carbonyl (C=O) groups excluding carboxylic acids is 1. The molecule has 0 bridgehead atoms. The van der Waals surface area contributed by atoms with Crippen molar-refractivity contribution in [2.75, 3.05) is 7.05 Å². The van der Waals surface area contributed by atoms with Gasteiger partial charge in [0.15, 0.2) is 0 Å². The average Bonchev–Trinajstić information content (AvgIpc) is 1.98. The highest BCUT2D eigenvalue weighted by Gasteiger charge is 2.26. The minimum absolute atomic E-state index is 0.0995. The van der Waals surface area contributed by atoms with E-state index in [2.05, 4.69) is 6.58 Å². The van der Waals surface area contributed by atoms with Gasteiger partial charge in [0.1, 0.15) is 0 Å². The molecule has 1 saturated heterocycles. The van der Waals surface area contributed by atoms with Gasteiger partial charge in [-0.15, -0.1) is 0 Å². The summed E-state index contributed by atoms with van der Waals surface area (Å²) < 4.78 is 0. The van der Waals surface area contributed by atoms with Crippen LogP contribution in [0.1, 0.15) is 13.3 Å². The Bertz CT molecular complexity index is 162. The Hall–Kier alpha value is -0.790. The minimum Gasteiger partial charge on any atom is -0.339 e. The van der Waals surface area contributed by atoms with Crippen LogP contribution in [0.2, 0.25) is 0 Å². The highest BCUT2D eigenvalue weighted by atomic mass is 16.2. The molecule has 1 amide bonds. The quantitative estimate of drug-likeness (QED) is 0.438. The standard InChI is InChI=1S/C7H11NO/c1-5-4-6(2)8(3)7(5)9/h6H,1,4H2,2-3H3. The van der Waals surface area contributed by atoms with E-state index in [1.54, 1.807) is 4.90 Å². The van der Waals surface area contributed by atoms with Crippen LogP contribution in [0.25, 0.3) is 0 Å². The molecular weight excluding hydrogens is 114 g/mol. The molecule has 1 aliphatic heterocycles. The summed E-state index contributed by atoms with van der Waals surface area (Å²) in [5.74, 6) is 0.0995. The van der Waals surface area contributed by atoms with Crippen LogP contribution in [0, 0.1) is 0 Å². The van der Waals surface area contributed by atoms with Crippen molar-refractivity contribution < 1.29 is 4.79 Å². The predicted molar refractivity (Wildman–Crippen MR) is 36.0 cm³/mol. The van der Waals surface area contributed by atoms with Crippen LogP contribution >= 0.6 is 0 Å². The van der Waals surface area contributed by atoms with Crippen molar-refractivity contribution in [3.8, 4) is 0 Å². The van der Waals surface area contributed by atoms with Crippen molar-refractivity contribution in [3.05, 3.63) is 12.2 Å². The molecule has 1 atom stereocenters. The summed E-state index contributed by atoms with van der Waals surface area (Å²) in [6.45, 7) is 5.67. The van der Waals surface area contributed by atoms with Gasteiger partial charge >= 0.3 is 0 Å². The maximum absolute atomic E-state index is 10.9. The van der Waals surface area contributed by atoms with Crippen LogP contribution in [0.15, 0.2) is 12.2 Å². The van der Waals surface area contributed by atoms with Crippen molar-refractivity contribution >= 4 is 5.91 Å². The van der Waals surface area contributed by atoms with Crippen LogP contribution in [0.4, 0.5) is 0 Å². The molecule has 9 heavy (non-hydrogen) atoms. The van der Waals surface area contributed by atoms with Crippen LogP contribution in [-0.4, -0.2) is 23.9 Å². The van der Waals surface area contributed by atoms with Gasteiger partial charge < -0.3 is 4.90 Å². The second kappa shape index (κ2) is 1.87. The van der Waals surface area contributed by atoms with Crippen LogP contribution in [0.5, 0.6) is 0 Å². The summed E-state index contributed by atoms with van der Waals surface area (Å²) in [5.41, 5.74) is 0.741. The zero-order valence-corrected chi connectivity index (χ0v) is 5.85. The van der Waals surface area contributed by atoms with E-state index in [0.717, 1.165) is 12.0 Å². The van der Waals surface area contributed by atoms with Crippen molar-refractivity contribution in [2.24, 2.45) is 0 Å². The first-order chi connectivity index (χ1) is 4.13. The Kier molecular flexibility index (Phi) is 1.31. The number of hydrogen-bond acceptors (Lipinski definition) is 1. The van der Waals surface area contributed by atoms with Crippen molar-refractivity contribution in [3.63, 3.8) is 0 Å². The van der Waals surface area contributed by atoms with Gasteiger partial charge in [0.2, 0.25) is 5.91 Å². The first-order valence-corrected chi connectivity index (χ1v) is 3.08. The fourth-order valence-electron chi connectivity index (χ4n) is 1.03. The number of rotatable bonds is 0. The third-order valence-electron chi connectivity index (χ3n) is 1.83. The topological polar surface area (TPSA) is 20.3 Å². The molecule has 0 aromatic rings. The Morgan fingerprint density at radius 2 is 2.33 bits per heavy atom. The molecule has 2 nitrogen and oxygen atoms in total. The van der Waals surface area contributed by atoms with E-state index in [1.165, 1.54) is 0 Å². The van der Waals surface area contributed by atoms with Gasteiger partial charge in [0.25, 0.3) is 0 Å². The highest BCUT2D eigenvalue weighted by Crippen LogP contribution is 2.19. The lowest BCUT2D eigenvalue weighted by Crippen LogP contribution is -2.25. The van der Waals surface area contributed by atoms with Crippen LogP contribution in [-0.2, 0) is 4.79 Å². The van der Waals surface area contributed by atoms with E-state index in [-0.39, 0.29) is 5.91 Å². The monoisotopic (exact) mass is 125 g/mol. The van der Waals surface area contributed by atoms with E-state index < -0.39 is 0 Å². The molecule has 0 aromatic heterocycles. The Morgan fingerprint density at radius 3 is 2.44 bits per heavy atom. The summed E-state index contributed by atoms with van der Waals surface area (Å²) in [7, 11) is 1.81. The summed E-state index contributed by atoms with van der Waals surface area (Å²) in [6, 6.07) is 0.352. The SMILES string of the molecule is C=C1CC(C)N(C)C1=O. The number of amides is 1. The lowest BCUT2D eigenvalue weighted by molar-refractivity contribution is -0.124. The van der Waals surface area contributed by atoms with Crippen LogP contribution < -0.4 is 0 Å². The van der Waals surface area contributed by atoms with E-state index in [1.807, 2.05) is 14.0 Å². The Labute approximate surface area is 55.2 Å². The molecule has 50 valence electrons. The molecule has 1 unspecified atom stereocenters. The number of likely N-dealkylation sites (tertiary alicyclic amines) is 1. The fraction of sp³-hybridized carbons (Fsp3) is 0.571. The number of carbonyl (C=O) groups is 1. The smallest absolute Gasteiger partial charge is 0.249 e. The molecule has 1 rings (SSSR count). The van der Waals surface area contributed by atoms with E-state index in [9.17, 15) is 4.79 Å². The maximum atomic E-state index is 10.9. The van der Waals surface area contributed by atoms with Gasteiger partial charge in [0.05, 0.1) is 0 Å². The molecule has 2 heteroatoms. The van der Waals surface area contributed by atoms with Gasteiger partial charge in [0, 0.05) is 18.7 Å². The Morgan fingerprint density at radius 1 is 1.78 bits per heavy atom. The molecule has 1 aliphatic rings. The number of nitrogens with zero attached hydrogens (tertiary/aromatic N) is 1. The van der Waals surface area contributed by atoms with Crippen molar-refractivity contribution in [1.29, 1.82) is 0 Å². The largest absolute Gasteiger partial charge is 0.339 e. The molecule has 0 aromatic carbocycles. The molecule has 0 spiro atoms. The summed E-state index contributed by atoms with van der Waals surface area (Å²) in [5, 5.41) is 0. The third-order valence-corrected chi connectivity index (χ3v) is 1.83. The molecular formula is C7H11NO. The Balaban J connectivity index is 2.77. The second-order valence-electron chi connectivity index (χ2n) is 2.57. The molecule has 0 saturated carbocycles. The van der Waals surface area contributed by atoms with Gasteiger partial charge in [-0.25, -0.2) is 0 Å². The molecule has 0 radical (unpaired) electrons. The predicted octanol–water partition coefficient (Wildman–Crippen LogP) is 0.793. The summed E-state index contributed by atoms with van der Waals surface area (Å²) in [4.78, 5) is 12.7. The lowest BCUT2D eigenvalue weighted by atomic mass is 10.2. The first-order valence-electron chi connectivity index (χ1n) is 3.08. The average molecular weight is 125 g/mol. The molecule has 0 N–H and O–H groups in total. The third kappa shape index (κ3) is 0.846. The van der Waals surface area contributed by atoms with Crippen molar-refractivity contribution in [1.82, 2.24) is 4.90 Å². The van der Waals surface area contributed by atoms with E-state index >= 15 is 0 Å². The van der Waals surface area contributed by atoms with Gasteiger partial charge in [-0.1, -0.05) is 6.58 Å². The first kappa shape index (κ1) is 6.33. The normalized spacial score (nSPS) is 27.8. The van der Waals surface area contributed by atoms with Crippen LogP contribution in [0.3, 0.4) is 0 Å². The maximum Gasteiger partial charge on any atom is 0.249 e. The molecule has 0 aliphatic carbocycles. The summed E-state index contributed by atoms with van der Waals surface area (Å²) >= 11 is 0. The number of hydrogen-bond donors (Lipinski definition) is 0. The van der Waals surface area contributed by atoms with Gasteiger partial charge in [-0.2, -0.15) is 0 Å². The van der Waals surface area contributed by atoms with Gasteiger partial charge in [-0.05, 0) is 13.3 Å². The number of likely N-dealkylation sites (N-methyl/N-ethyl adjacent to an activating group) is 1. The van der Waals surface area contributed by atoms with Crippen molar-refractivity contribution in [2.45, 2.75) is 19.4 Å². The van der Waals surface area contributed by atoms with E-state index in [4.69, 9.17) is 0 Å². The summed E-state index contributed by atoms with van der Waals surface area (Å²) in [6.07, 6.45) is 0.829. The zero-order chi connectivity index (χ0) is 7.02. The fourth-order valence-corrected chi connectivity index (χ4v) is 1.03.